The predicted octanol–water partition coefficient (Wildman–Crippen LogP) is 4.26. The third-order valence-corrected chi connectivity index (χ3v) is 5.42. The van der Waals surface area contributed by atoms with Crippen molar-refractivity contribution in [1.82, 2.24) is 14.5 Å². The molecule has 1 aliphatic heterocycles. The molecule has 140 valence electrons. The van der Waals surface area contributed by atoms with Gasteiger partial charge in [-0.3, -0.25) is 4.57 Å². The Morgan fingerprint density at radius 1 is 1.14 bits per heavy atom. The molecule has 1 aromatic carbocycles. The van der Waals surface area contributed by atoms with Crippen LogP contribution in [0.5, 0.6) is 0 Å². The summed E-state index contributed by atoms with van der Waals surface area (Å²) in [4.78, 5) is 9.05. The van der Waals surface area contributed by atoms with Crippen LogP contribution in [0.4, 0.5) is 0 Å². The highest BCUT2D eigenvalue weighted by Crippen LogP contribution is 2.41. The fraction of sp³-hybridized carbons (Fsp3) is 0.238. The van der Waals surface area contributed by atoms with Crippen molar-refractivity contribution in [1.29, 1.82) is 0 Å². The van der Waals surface area contributed by atoms with Crippen LogP contribution in [0.1, 0.15) is 19.1 Å². The van der Waals surface area contributed by atoms with Gasteiger partial charge in [-0.1, -0.05) is 18.2 Å². The van der Waals surface area contributed by atoms with Crippen LogP contribution in [0.3, 0.4) is 0 Å². The van der Waals surface area contributed by atoms with E-state index >= 15 is 0 Å². The van der Waals surface area contributed by atoms with Gasteiger partial charge >= 0.3 is 0 Å². The molecule has 5 aromatic rings. The quantitative estimate of drug-likeness (QED) is 0.507. The van der Waals surface area contributed by atoms with Crippen molar-refractivity contribution in [2.45, 2.75) is 25.2 Å². The van der Waals surface area contributed by atoms with E-state index in [0.29, 0.717) is 17.0 Å². The number of nitrogens with zero attached hydrogens (tertiary/aromatic N) is 3. The van der Waals surface area contributed by atoms with Crippen LogP contribution >= 0.6 is 0 Å². The van der Waals surface area contributed by atoms with Gasteiger partial charge in [-0.25, -0.2) is 9.97 Å². The Morgan fingerprint density at radius 3 is 2.93 bits per heavy atom. The lowest BCUT2D eigenvalue weighted by atomic mass is 10.2. The number of benzene rings is 1. The third kappa shape index (κ3) is 2.17. The summed E-state index contributed by atoms with van der Waals surface area (Å²) in [5, 5.41) is 11.3. The average Bonchev–Trinajstić information content (AvgIpc) is 3.49. The summed E-state index contributed by atoms with van der Waals surface area (Å²) in [7, 11) is 0. The van der Waals surface area contributed by atoms with Crippen LogP contribution in [-0.2, 0) is 4.74 Å². The number of aliphatic hydroxyl groups excluding tert-OH is 1. The zero-order valence-electron chi connectivity index (χ0n) is 14.9. The van der Waals surface area contributed by atoms with E-state index in [2.05, 4.69) is 9.97 Å². The summed E-state index contributed by atoms with van der Waals surface area (Å²) in [5.41, 5.74) is 3.85. The molecule has 1 fully saturated rings. The molecule has 2 unspecified atom stereocenters. The van der Waals surface area contributed by atoms with Crippen molar-refractivity contribution in [3.8, 4) is 11.5 Å². The molecule has 0 radical (unpaired) electrons. The number of rotatable bonds is 3. The summed E-state index contributed by atoms with van der Waals surface area (Å²) in [6.07, 6.45) is 4.46. The van der Waals surface area contributed by atoms with Crippen LogP contribution in [0.15, 0.2) is 57.8 Å². The van der Waals surface area contributed by atoms with Crippen molar-refractivity contribution >= 4 is 33.1 Å². The van der Waals surface area contributed by atoms with E-state index in [1.54, 1.807) is 12.6 Å². The molecule has 4 aromatic heterocycles. The first-order valence-electron chi connectivity index (χ1n) is 9.31. The van der Waals surface area contributed by atoms with Gasteiger partial charge in [0.15, 0.2) is 17.0 Å². The molecule has 28 heavy (non-hydrogen) atoms. The lowest BCUT2D eigenvalue weighted by Gasteiger charge is -2.15. The highest BCUT2D eigenvalue weighted by Gasteiger charge is 2.31. The molecule has 7 heteroatoms. The Kier molecular flexibility index (Phi) is 3.35. The lowest BCUT2D eigenvalue weighted by molar-refractivity contribution is -0.0185. The van der Waals surface area contributed by atoms with Gasteiger partial charge in [0.05, 0.1) is 29.9 Å². The van der Waals surface area contributed by atoms with Gasteiger partial charge in [0.25, 0.3) is 0 Å². The van der Waals surface area contributed by atoms with Gasteiger partial charge in [0.2, 0.25) is 0 Å². The number of fused-ring (bicyclic) bond motifs is 4. The molecule has 1 N–H and O–H groups in total. The van der Waals surface area contributed by atoms with Crippen LogP contribution in [0, 0.1) is 0 Å². The number of hydrogen-bond donors (Lipinski definition) is 1. The SMILES string of the molecule is OCC1CCC(n2c3ccoc3c3c(-c4cc5ccccc5o4)ncnc32)O1. The molecule has 6 rings (SSSR count). The van der Waals surface area contributed by atoms with Gasteiger partial charge in [-0.15, -0.1) is 0 Å². The zero-order valence-corrected chi connectivity index (χ0v) is 14.9. The summed E-state index contributed by atoms with van der Waals surface area (Å²) in [6.45, 7) is 0.0173. The molecule has 0 bridgehead atoms. The Balaban J connectivity index is 1.61. The van der Waals surface area contributed by atoms with E-state index in [0.717, 1.165) is 40.4 Å². The zero-order chi connectivity index (χ0) is 18.7. The molecule has 0 aliphatic carbocycles. The first-order valence-corrected chi connectivity index (χ1v) is 9.31. The normalized spacial score (nSPS) is 20.0. The van der Waals surface area contributed by atoms with Crippen molar-refractivity contribution in [2.24, 2.45) is 0 Å². The topological polar surface area (TPSA) is 86.5 Å². The van der Waals surface area contributed by atoms with Crippen LogP contribution in [0.25, 0.3) is 44.6 Å². The molecule has 1 aliphatic rings. The number of para-hydroxylation sites is 1. The maximum Gasteiger partial charge on any atom is 0.163 e. The molecule has 0 spiro atoms. The number of furan rings is 2. The standard InChI is InChI=1S/C21H17N3O4/c25-10-13-5-6-17(27-13)24-14-7-8-26-20(14)18-19(22-11-23-21(18)24)16-9-12-3-1-2-4-15(12)28-16/h1-4,7-9,11,13,17,25H,5-6,10H2. The summed E-state index contributed by atoms with van der Waals surface area (Å²) in [5.74, 6) is 0.671. The number of ether oxygens (including phenoxy) is 1. The molecule has 2 atom stereocenters. The minimum atomic E-state index is -0.201. The van der Waals surface area contributed by atoms with Crippen LogP contribution in [0.2, 0.25) is 0 Å². The van der Waals surface area contributed by atoms with Crippen molar-refractivity contribution < 1.29 is 18.7 Å². The highest BCUT2D eigenvalue weighted by molar-refractivity contribution is 6.09. The highest BCUT2D eigenvalue weighted by atomic mass is 16.5. The first kappa shape index (κ1) is 15.9. The number of aromatic nitrogens is 3. The monoisotopic (exact) mass is 375 g/mol. The van der Waals surface area contributed by atoms with Gasteiger partial charge in [0.1, 0.15) is 23.8 Å². The smallest absolute Gasteiger partial charge is 0.163 e. The number of aliphatic hydroxyl groups is 1. The molecular formula is C21H17N3O4. The first-order chi connectivity index (χ1) is 13.8. The van der Waals surface area contributed by atoms with Gasteiger partial charge < -0.3 is 18.7 Å². The van der Waals surface area contributed by atoms with E-state index in [1.807, 2.05) is 41.0 Å². The van der Waals surface area contributed by atoms with Crippen molar-refractivity contribution in [3.05, 3.63) is 49.0 Å². The van der Waals surface area contributed by atoms with Gasteiger partial charge in [-0.2, -0.15) is 0 Å². The fourth-order valence-electron chi connectivity index (χ4n) is 4.15. The third-order valence-electron chi connectivity index (χ3n) is 5.42. The van der Waals surface area contributed by atoms with Crippen molar-refractivity contribution in [3.63, 3.8) is 0 Å². The molecule has 5 heterocycles. The van der Waals surface area contributed by atoms with E-state index in [4.69, 9.17) is 13.6 Å². The van der Waals surface area contributed by atoms with E-state index < -0.39 is 0 Å². The molecule has 0 saturated carbocycles. The molecule has 7 nitrogen and oxygen atoms in total. The minimum absolute atomic E-state index is 0.0173. The maximum absolute atomic E-state index is 9.44. The Bertz CT molecular complexity index is 1280. The van der Waals surface area contributed by atoms with Crippen LogP contribution < -0.4 is 0 Å². The summed E-state index contributed by atoms with van der Waals surface area (Å²) < 4.78 is 19.9. The van der Waals surface area contributed by atoms with Gasteiger partial charge in [-0.05, 0) is 25.0 Å². The lowest BCUT2D eigenvalue weighted by Crippen LogP contribution is -2.14. The fourth-order valence-corrected chi connectivity index (χ4v) is 4.15. The second kappa shape index (κ2) is 5.92. The van der Waals surface area contributed by atoms with Crippen LogP contribution in [-0.4, -0.2) is 32.4 Å². The summed E-state index contributed by atoms with van der Waals surface area (Å²) in [6, 6.07) is 11.8. The molecular weight excluding hydrogens is 358 g/mol. The Hall–Kier alpha value is -3.16. The van der Waals surface area contributed by atoms with E-state index in [1.165, 1.54) is 0 Å². The predicted molar refractivity (Wildman–Crippen MR) is 103 cm³/mol. The largest absolute Gasteiger partial charge is 0.462 e. The van der Waals surface area contributed by atoms with Gasteiger partial charge in [0, 0.05) is 11.5 Å². The second-order valence-corrected chi connectivity index (χ2v) is 7.05. The average molecular weight is 375 g/mol. The maximum atomic E-state index is 9.44. The molecule has 0 amide bonds. The van der Waals surface area contributed by atoms with E-state index in [9.17, 15) is 5.11 Å². The number of hydrogen-bond acceptors (Lipinski definition) is 6. The summed E-state index contributed by atoms with van der Waals surface area (Å²) >= 11 is 0. The second-order valence-electron chi connectivity index (χ2n) is 7.05. The molecule has 1 saturated heterocycles. The van der Waals surface area contributed by atoms with Crippen molar-refractivity contribution in [2.75, 3.05) is 6.61 Å². The van der Waals surface area contributed by atoms with E-state index in [-0.39, 0.29) is 18.9 Å². The Morgan fingerprint density at radius 2 is 2.07 bits per heavy atom. The minimum Gasteiger partial charge on any atom is -0.462 e. The Labute approximate surface area is 159 Å².